The highest BCUT2D eigenvalue weighted by atomic mass is 35.5. The topological polar surface area (TPSA) is 0 Å². The minimum Gasteiger partial charge on any atom is -0.143 e. The maximum Gasteiger partial charge on any atom is 0.0535 e. The Morgan fingerprint density at radius 2 is 2.56 bits per heavy atom. The zero-order valence-corrected chi connectivity index (χ0v) is 6.67. The summed E-state index contributed by atoms with van der Waals surface area (Å²) in [6, 6.07) is 4.00. The van der Waals surface area contributed by atoms with Gasteiger partial charge in [-0.15, -0.1) is 11.3 Å². The van der Waals surface area contributed by atoms with E-state index in [0.717, 1.165) is 9.91 Å². The summed E-state index contributed by atoms with van der Waals surface area (Å²) >= 11 is 7.46. The predicted octanol–water partition coefficient (Wildman–Crippen LogP) is 3.35. The van der Waals surface area contributed by atoms with Crippen LogP contribution in [0.25, 0.3) is 5.03 Å². The van der Waals surface area contributed by atoms with E-state index in [9.17, 15) is 0 Å². The minimum atomic E-state index is 0.838. The summed E-state index contributed by atoms with van der Waals surface area (Å²) in [6.07, 6.45) is 1.90. The number of halogens is 1. The van der Waals surface area contributed by atoms with Crippen molar-refractivity contribution in [3.63, 3.8) is 0 Å². The quantitative estimate of drug-likeness (QED) is 0.588. The van der Waals surface area contributed by atoms with Gasteiger partial charge in [-0.2, -0.15) is 0 Å². The molecule has 1 rings (SSSR count). The Balaban J connectivity index is 2.90. The summed E-state index contributed by atoms with van der Waals surface area (Å²) in [5.74, 6) is 0. The second-order valence-electron chi connectivity index (χ2n) is 1.61. The molecule has 2 heteroatoms. The Labute approximate surface area is 63.8 Å². The zero-order chi connectivity index (χ0) is 6.69. The average Bonchev–Trinajstić information content (AvgIpc) is 2.37. The fourth-order valence-corrected chi connectivity index (χ4v) is 1.44. The maximum atomic E-state index is 5.80. The van der Waals surface area contributed by atoms with Crippen molar-refractivity contribution in [1.29, 1.82) is 0 Å². The Morgan fingerprint density at radius 1 is 1.78 bits per heavy atom. The standard InChI is InChI=1S/C7H7ClS/c1-2-6(8)7-4-3-5-9-7/h2-5H,1H3/b6-2+. The molecule has 0 nitrogen and oxygen atoms in total. The molecule has 0 aliphatic rings. The SMILES string of the molecule is C/C=C(/Cl)c1cccs1. The van der Waals surface area contributed by atoms with Gasteiger partial charge in [0.15, 0.2) is 0 Å². The Bertz CT molecular complexity index is 199. The Kier molecular flexibility index (Phi) is 2.31. The van der Waals surface area contributed by atoms with Crippen molar-refractivity contribution in [2.45, 2.75) is 6.92 Å². The van der Waals surface area contributed by atoms with E-state index in [1.807, 2.05) is 30.5 Å². The van der Waals surface area contributed by atoms with Crippen LogP contribution in [-0.2, 0) is 0 Å². The third-order valence-corrected chi connectivity index (χ3v) is 2.45. The number of allylic oxidation sites excluding steroid dienone is 1. The van der Waals surface area contributed by atoms with Gasteiger partial charge in [0, 0.05) is 4.88 Å². The molecule has 0 N–H and O–H groups in total. The van der Waals surface area contributed by atoms with E-state index in [-0.39, 0.29) is 0 Å². The van der Waals surface area contributed by atoms with Gasteiger partial charge in [-0.1, -0.05) is 23.7 Å². The highest BCUT2D eigenvalue weighted by Gasteiger charge is 1.93. The second kappa shape index (κ2) is 3.04. The highest BCUT2D eigenvalue weighted by molar-refractivity contribution is 7.12. The zero-order valence-electron chi connectivity index (χ0n) is 5.10. The first-order valence-electron chi connectivity index (χ1n) is 2.70. The molecule has 0 aliphatic heterocycles. The van der Waals surface area contributed by atoms with Crippen LogP contribution in [0.15, 0.2) is 23.6 Å². The third kappa shape index (κ3) is 1.57. The molecule has 0 saturated heterocycles. The smallest absolute Gasteiger partial charge is 0.0535 e. The summed E-state index contributed by atoms with van der Waals surface area (Å²) in [7, 11) is 0. The van der Waals surface area contributed by atoms with Crippen LogP contribution in [0.5, 0.6) is 0 Å². The van der Waals surface area contributed by atoms with Gasteiger partial charge >= 0.3 is 0 Å². The van der Waals surface area contributed by atoms with E-state index < -0.39 is 0 Å². The Morgan fingerprint density at radius 3 is 3.00 bits per heavy atom. The maximum absolute atomic E-state index is 5.80. The van der Waals surface area contributed by atoms with Crippen LogP contribution in [0.1, 0.15) is 11.8 Å². The van der Waals surface area contributed by atoms with Crippen molar-refractivity contribution in [2.75, 3.05) is 0 Å². The summed E-state index contributed by atoms with van der Waals surface area (Å²) in [5, 5.41) is 2.85. The van der Waals surface area contributed by atoms with E-state index in [1.54, 1.807) is 11.3 Å². The normalized spacial score (nSPS) is 12.0. The molecule has 0 amide bonds. The fourth-order valence-electron chi connectivity index (χ4n) is 0.557. The molecule has 9 heavy (non-hydrogen) atoms. The van der Waals surface area contributed by atoms with Gasteiger partial charge in [0.05, 0.1) is 5.03 Å². The van der Waals surface area contributed by atoms with E-state index in [0.29, 0.717) is 0 Å². The summed E-state index contributed by atoms with van der Waals surface area (Å²) in [5.41, 5.74) is 0. The third-order valence-electron chi connectivity index (χ3n) is 1.01. The molecule has 48 valence electrons. The largest absolute Gasteiger partial charge is 0.143 e. The van der Waals surface area contributed by atoms with Crippen LogP contribution in [0.3, 0.4) is 0 Å². The van der Waals surface area contributed by atoms with E-state index in [1.165, 1.54) is 0 Å². The van der Waals surface area contributed by atoms with Gasteiger partial charge in [-0.05, 0) is 18.4 Å². The lowest BCUT2D eigenvalue weighted by molar-refractivity contribution is 1.77. The van der Waals surface area contributed by atoms with Crippen molar-refractivity contribution in [2.24, 2.45) is 0 Å². The van der Waals surface area contributed by atoms with Crippen LogP contribution in [0.2, 0.25) is 0 Å². The fraction of sp³-hybridized carbons (Fsp3) is 0.143. The first-order chi connectivity index (χ1) is 4.34. The van der Waals surface area contributed by atoms with Crippen molar-refractivity contribution in [3.05, 3.63) is 28.5 Å². The molecule has 0 radical (unpaired) electrons. The average molecular weight is 159 g/mol. The molecule has 0 fully saturated rings. The molecule has 0 saturated carbocycles. The molecule has 0 bridgehead atoms. The molecule has 1 aromatic heterocycles. The monoisotopic (exact) mass is 158 g/mol. The van der Waals surface area contributed by atoms with Gasteiger partial charge < -0.3 is 0 Å². The molecular weight excluding hydrogens is 152 g/mol. The van der Waals surface area contributed by atoms with Crippen molar-refractivity contribution < 1.29 is 0 Å². The first-order valence-corrected chi connectivity index (χ1v) is 3.96. The van der Waals surface area contributed by atoms with Crippen molar-refractivity contribution in [3.8, 4) is 0 Å². The first kappa shape index (κ1) is 6.84. The lowest BCUT2D eigenvalue weighted by atomic mass is 10.4. The molecule has 0 aromatic carbocycles. The summed E-state index contributed by atoms with van der Waals surface area (Å²) in [4.78, 5) is 1.14. The lowest BCUT2D eigenvalue weighted by Crippen LogP contribution is -1.61. The minimum absolute atomic E-state index is 0.838. The lowest BCUT2D eigenvalue weighted by Gasteiger charge is -1.87. The molecule has 1 aromatic rings. The van der Waals surface area contributed by atoms with Crippen LogP contribution in [0, 0.1) is 0 Å². The summed E-state index contributed by atoms with van der Waals surface area (Å²) < 4.78 is 0. The van der Waals surface area contributed by atoms with E-state index in [4.69, 9.17) is 11.6 Å². The highest BCUT2D eigenvalue weighted by Crippen LogP contribution is 2.22. The number of rotatable bonds is 1. The van der Waals surface area contributed by atoms with Gasteiger partial charge in [0.1, 0.15) is 0 Å². The van der Waals surface area contributed by atoms with Crippen LogP contribution in [-0.4, -0.2) is 0 Å². The number of hydrogen-bond donors (Lipinski definition) is 0. The van der Waals surface area contributed by atoms with Crippen LogP contribution < -0.4 is 0 Å². The van der Waals surface area contributed by atoms with Gasteiger partial charge in [0.2, 0.25) is 0 Å². The van der Waals surface area contributed by atoms with Gasteiger partial charge in [-0.3, -0.25) is 0 Å². The van der Waals surface area contributed by atoms with Gasteiger partial charge in [-0.25, -0.2) is 0 Å². The van der Waals surface area contributed by atoms with Crippen LogP contribution in [0.4, 0.5) is 0 Å². The molecular formula is C7H7ClS. The van der Waals surface area contributed by atoms with Crippen molar-refractivity contribution in [1.82, 2.24) is 0 Å². The van der Waals surface area contributed by atoms with E-state index in [2.05, 4.69) is 0 Å². The number of hydrogen-bond acceptors (Lipinski definition) is 1. The van der Waals surface area contributed by atoms with E-state index >= 15 is 0 Å². The molecule has 0 spiro atoms. The second-order valence-corrected chi connectivity index (χ2v) is 2.97. The molecule has 0 atom stereocenters. The predicted molar refractivity (Wildman–Crippen MR) is 43.8 cm³/mol. The van der Waals surface area contributed by atoms with Crippen molar-refractivity contribution >= 4 is 28.0 Å². The molecule has 0 unspecified atom stereocenters. The van der Waals surface area contributed by atoms with Gasteiger partial charge in [0.25, 0.3) is 0 Å². The molecule has 0 aliphatic carbocycles. The van der Waals surface area contributed by atoms with Crippen LogP contribution >= 0.6 is 22.9 Å². The molecule has 1 heterocycles. The number of thiophene rings is 1. The summed E-state index contributed by atoms with van der Waals surface area (Å²) in [6.45, 7) is 1.93. The Hall–Kier alpha value is -0.270.